The van der Waals surface area contributed by atoms with Gasteiger partial charge in [-0.3, -0.25) is 15.0 Å². The first kappa shape index (κ1) is 37.7. The topological polar surface area (TPSA) is 129 Å². The molecule has 0 aromatic heterocycles. The van der Waals surface area contributed by atoms with Crippen LogP contribution in [0.1, 0.15) is 47.1 Å². The van der Waals surface area contributed by atoms with E-state index >= 15 is 0 Å². The van der Waals surface area contributed by atoms with Crippen LogP contribution in [0, 0.1) is 16.0 Å². The average Bonchev–Trinajstić information content (AvgIpc) is 3.24. The fourth-order valence-corrected chi connectivity index (χ4v) is 7.35. The number of aliphatic hydroxyl groups excluding tert-OH is 1. The number of amides is 2. The maximum atomic E-state index is 12.6. The fraction of sp³-hybridized carbons (Fsp3) is 0.295. The van der Waals surface area contributed by atoms with Crippen molar-refractivity contribution in [2.75, 3.05) is 37.6 Å². The summed E-state index contributed by atoms with van der Waals surface area (Å²) in [5.41, 5.74) is 7.97. The van der Waals surface area contributed by atoms with Gasteiger partial charge in [0.2, 0.25) is 0 Å². The number of hydrogen-bond acceptors (Lipinski definition) is 8. The lowest BCUT2D eigenvalue weighted by atomic mass is 9.89. The number of carbonyl (C=O) groups is 1. The number of carbonyl (C=O) groups excluding carboxylic acids is 1. The normalized spacial score (nSPS) is 20.1. The molecule has 2 heterocycles. The van der Waals surface area contributed by atoms with Gasteiger partial charge >= 0.3 is 6.03 Å². The number of piperazine rings is 1. The van der Waals surface area contributed by atoms with Gasteiger partial charge in [-0.15, -0.1) is 0 Å². The van der Waals surface area contributed by atoms with Crippen LogP contribution in [0.3, 0.4) is 0 Å². The van der Waals surface area contributed by atoms with Gasteiger partial charge in [0.15, 0.2) is 6.29 Å². The number of aliphatic hydroxyl groups is 1. The maximum Gasteiger partial charge on any atom is 0.315 e. The van der Waals surface area contributed by atoms with E-state index < -0.39 is 6.29 Å². The van der Waals surface area contributed by atoms with Gasteiger partial charge in [-0.2, -0.15) is 0 Å². The predicted molar refractivity (Wildman–Crippen MR) is 212 cm³/mol. The summed E-state index contributed by atoms with van der Waals surface area (Å²) in [6, 6.07) is 40.6. The zero-order chi connectivity index (χ0) is 38.1. The van der Waals surface area contributed by atoms with Gasteiger partial charge in [0.05, 0.1) is 23.7 Å². The van der Waals surface area contributed by atoms with E-state index in [1.54, 1.807) is 12.1 Å². The Morgan fingerprint density at radius 3 is 2.11 bits per heavy atom. The van der Waals surface area contributed by atoms with Gasteiger partial charge in [-0.1, -0.05) is 110 Å². The highest BCUT2D eigenvalue weighted by Crippen LogP contribution is 2.42. The van der Waals surface area contributed by atoms with Gasteiger partial charge in [0.25, 0.3) is 5.69 Å². The molecule has 0 spiro atoms. The molecule has 2 fully saturated rings. The second-order valence-electron chi connectivity index (χ2n) is 14.2. The van der Waals surface area contributed by atoms with Gasteiger partial charge in [-0.05, 0) is 45.5 Å². The first-order valence-electron chi connectivity index (χ1n) is 18.8. The third-order valence-electron chi connectivity index (χ3n) is 10.6. The number of nitrogens with zero attached hydrogens (tertiary/aromatic N) is 3. The molecule has 2 aliphatic rings. The molecule has 55 heavy (non-hydrogen) atoms. The molecule has 2 saturated heterocycles. The molecule has 0 radical (unpaired) electrons. The van der Waals surface area contributed by atoms with Crippen molar-refractivity contribution in [2.24, 2.45) is 5.92 Å². The molecule has 0 bridgehead atoms. The summed E-state index contributed by atoms with van der Waals surface area (Å²) in [5, 5.41) is 26.7. The molecule has 11 nitrogen and oxygen atoms in total. The average molecular weight is 742 g/mol. The van der Waals surface area contributed by atoms with E-state index in [0.29, 0.717) is 13.1 Å². The molecule has 0 aliphatic carbocycles. The number of benzene rings is 5. The summed E-state index contributed by atoms with van der Waals surface area (Å²) in [6.07, 6.45) is -0.937. The first-order valence-corrected chi connectivity index (χ1v) is 18.8. The van der Waals surface area contributed by atoms with E-state index in [4.69, 9.17) is 9.47 Å². The summed E-state index contributed by atoms with van der Waals surface area (Å²) in [6.45, 7) is 7.01. The largest absolute Gasteiger partial charge is 0.392 e. The molecule has 11 heteroatoms. The Balaban J connectivity index is 1.03. The molecular formula is C44H47N5O6. The highest BCUT2D eigenvalue weighted by molar-refractivity contribution is 5.75. The van der Waals surface area contributed by atoms with Gasteiger partial charge in [0.1, 0.15) is 0 Å². The molecular weight excluding hydrogens is 695 g/mol. The van der Waals surface area contributed by atoms with Crippen molar-refractivity contribution in [2.45, 2.75) is 45.1 Å². The summed E-state index contributed by atoms with van der Waals surface area (Å²) < 4.78 is 13.5. The standard InChI is InChI=1S/C44H47N5O6/c1-31-41(29-47-23-25-48(26-24-47)38-19-21-39(22-20-38)49(52)53)54-43(55-42(31)35-13-11-33(30-50)12-14-35)36-17-15-34(16-18-36)40-10-6-5-9-37(40)28-46-44(51)45-27-32-7-3-2-4-8-32/h2-22,31,41-43,50H,23-30H2,1H3,(H2,45,46,51)/t31-,41+,42+,43+/m0/s1. The Kier molecular flexibility index (Phi) is 12.1. The number of nitro groups is 1. The van der Waals surface area contributed by atoms with E-state index in [9.17, 15) is 20.0 Å². The second-order valence-corrected chi connectivity index (χ2v) is 14.2. The van der Waals surface area contributed by atoms with Crippen molar-refractivity contribution in [1.82, 2.24) is 15.5 Å². The smallest absolute Gasteiger partial charge is 0.315 e. The molecule has 5 aromatic carbocycles. The van der Waals surface area contributed by atoms with E-state index in [-0.39, 0.29) is 41.4 Å². The third kappa shape index (κ3) is 9.38. The van der Waals surface area contributed by atoms with Crippen LogP contribution < -0.4 is 15.5 Å². The zero-order valence-electron chi connectivity index (χ0n) is 30.9. The van der Waals surface area contributed by atoms with Crippen LogP contribution in [0.25, 0.3) is 11.1 Å². The SMILES string of the molecule is C[C@H]1[C@@H](CN2CCN(c3ccc([N+](=O)[O-])cc3)CC2)O[C@@H](c2ccc(-c3ccccc3CNC(=O)NCc3ccccc3)cc2)O[C@H]1c1ccc(CO)cc1. The van der Waals surface area contributed by atoms with E-state index in [0.717, 1.165) is 77.4 Å². The van der Waals surface area contributed by atoms with Crippen molar-refractivity contribution in [3.8, 4) is 11.1 Å². The van der Waals surface area contributed by atoms with Crippen molar-refractivity contribution >= 4 is 17.4 Å². The first-order chi connectivity index (χ1) is 26.8. The Morgan fingerprint density at radius 2 is 1.42 bits per heavy atom. The van der Waals surface area contributed by atoms with Crippen molar-refractivity contribution in [3.63, 3.8) is 0 Å². The summed E-state index contributed by atoms with van der Waals surface area (Å²) in [4.78, 5) is 28.0. The number of anilines is 1. The summed E-state index contributed by atoms with van der Waals surface area (Å²) >= 11 is 0. The second kappa shape index (κ2) is 17.7. The van der Waals surface area contributed by atoms with E-state index in [2.05, 4.69) is 57.7 Å². The molecule has 7 rings (SSSR count). The van der Waals surface area contributed by atoms with Crippen molar-refractivity contribution in [3.05, 3.63) is 165 Å². The molecule has 5 aromatic rings. The Labute approximate surface area is 321 Å². The predicted octanol–water partition coefficient (Wildman–Crippen LogP) is 7.37. The van der Waals surface area contributed by atoms with Crippen LogP contribution in [0.15, 0.2) is 127 Å². The Bertz CT molecular complexity index is 2020. The van der Waals surface area contributed by atoms with Crippen LogP contribution in [0.4, 0.5) is 16.2 Å². The number of nitro benzene ring substituents is 1. The number of rotatable bonds is 12. The minimum atomic E-state index is -0.593. The molecule has 284 valence electrons. The lowest BCUT2D eigenvalue weighted by molar-refractivity contribution is -0.384. The van der Waals surface area contributed by atoms with Crippen molar-refractivity contribution < 1.29 is 24.3 Å². The van der Waals surface area contributed by atoms with Gasteiger partial charge in [-0.25, -0.2) is 4.79 Å². The minimum absolute atomic E-state index is 0.0193. The zero-order valence-corrected chi connectivity index (χ0v) is 30.9. The van der Waals surface area contributed by atoms with Crippen LogP contribution in [-0.2, 0) is 29.2 Å². The fourth-order valence-electron chi connectivity index (χ4n) is 7.35. The van der Waals surface area contributed by atoms with Crippen molar-refractivity contribution in [1.29, 1.82) is 0 Å². The summed E-state index contributed by atoms with van der Waals surface area (Å²) in [5.74, 6) is 0.0486. The lowest BCUT2D eigenvalue weighted by Crippen LogP contribution is -2.51. The lowest BCUT2D eigenvalue weighted by Gasteiger charge is -2.44. The molecule has 0 saturated carbocycles. The highest BCUT2D eigenvalue weighted by Gasteiger charge is 2.39. The van der Waals surface area contributed by atoms with Crippen LogP contribution in [-0.4, -0.2) is 59.8 Å². The molecule has 2 aliphatic heterocycles. The van der Waals surface area contributed by atoms with Gasteiger partial charge < -0.3 is 30.1 Å². The monoisotopic (exact) mass is 741 g/mol. The minimum Gasteiger partial charge on any atom is -0.392 e. The molecule has 2 amide bonds. The Morgan fingerprint density at radius 1 is 0.764 bits per heavy atom. The van der Waals surface area contributed by atoms with Gasteiger partial charge in [0, 0.05) is 75.1 Å². The Hall–Kier alpha value is -5.59. The number of ether oxygens (including phenoxy) is 2. The molecule has 4 atom stereocenters. The van der Waals surface area contributed by atoms with E-state index in [1.165, 1.54) is 0 Å². The highest BCUT2D eigenvalue weighted by atomic mass is 16.7. The molecule has 3 N–H and O–H groups in total. The number of hydrogen-bond donors (Lipinski definition) is 3. The third-order valence-corrected chi connectivity index (χ3v) is 10.6. The number of nitrogens with one attached hydrogen (secondary N) is 2. The van der Waals surface area contributed by atoms with Crippen LogP contribution in [0.2, 0.25) is 0 Å². The van der Waals surface area contributed by atoms with Crippen LogP contribution in [0.5, 0.6) is 0 Å². The number of urea groups is 1. The molecule has 0 unspecified atom stereocenters. The quantitative estimate of drug-likeness (QED) is 0.0894. The van der Waals surface area contributed by atoms with Crippen LogP contribution >= 0.6 is 0 Å². The maximum absolute atomic E-state index is 12.6. The van der Waals surface area contributed by atoms with E-state index in [1.807, 2.05) is 84.9 Å². The summed E-state index contributed by atoms with van der Waals surface area (Å²) in [7, 11) is 0. The number of non-ortho nitro benzene ring substituents is 1.